The van der Waals surface area contributed by atoms with E-state index in [1.54, 1.807) is 12.0 Å². The molecule has 140 valence electrons. The molecule has 1 aliphatic heterocycles. The lowest BCUT2D eigenvalue weighted by molar-refractivity contribution is -0.121. The molecule has 0 aliphatic carbocycles. The Kier molecular flexibility index (Phi) is 6.03. The van der Waals surface area contributed by atoms with Crippen LogP contribution in [0.2, 0.25) is 0 Å². The van der Waals surface area contributed by atoms with Gasteiger partial charge in [0.15, 0.2) is 0 Å². The van der Waals surface area contributed by atoms with E-state index in [2.05, 4.69) is 5.32 Å². The summed E-state index contributed by atoms with van der Waals surface area (Å²) in [6.07, 6.45) is 1.88. The molecule has 0 atom stereocenters. The first-order chi connectivity index (χ1) is 13.0. The molecule has 7 heteroatoms. The molecule has 2 aromatic carbocycles. The molecule has 0 spiro atoms. The van der Waals surface area contributed by atoms with Crippen LogP contribution in [-0.4, -0.2) is 43.0 Å². The highest BCUT2D eigenvalue weighted by atomic mass is 32.2. The number of amides is 1. The molecule has 5 nitrogen and oxygen atoms in total. The van der Waals surface area contributed by atoms with Gasteiger partial charge in [0.1, 0.15) is 10.1 Å². The number of para-hydroxylation sites is 2. The second-order valence-corrected chi connectivity index (χ2v) is 7.81. The number of anilines is 2. The molecule has 1 heterocycles. The molecule has 1 saturated heterocycles. The molecule has 1 N–H and O–H groups in total. The van der Waals surface area contributed by atoms with Crippen molar-refractivity contribution >= 4 is 51.7 Å². The summed E-state index contributed by atoms with van der Waals surface area (Å²) in [5.74, 6) is 0.628. The van der Waals surface area contributed by atoms with E-state index in [4.69, 9.17) is 17.0 Å². The molecular formula is C20H21N3O2S2. The van der Waals surface area contributed by atoms with Gasteiger partial charge in [0.05, 0.1) is 24.4 Å². The van der Waals surface area contributed by atoms with Crippen molar-refractivity contribution in [1.82, 2.24) is 4.90 Å². The van der Waals surface area contributed by atoms with Crippen molar-refractivity contribution in [2.24, 2.45) is 0 Å². The maximum atomic E-state index is 12.7. The van der Waals surface area contributed by atoms with Crippen molar-refractivity contribution in [3.63, 3.8) is 0 Å². The van der Waals surface area contributed by atoms with E-state index in [0.29, 0.717) is 15.9 Å². The second-order valence-electron chi connectivity index (χ2n) is 6.13. The fourth-order valence-corrected chi connectivity index (χ4v) is 3.87. The van der Waals surface area contributed by atoms with Gasteiger partial charge in [-0.1, -0.05) is 48.2 Å². The normalized spacial score (nSPS) is 15.4. The third-order valence-electron chi connectivity index (χ3n) is 4.12. The number of carbonyl (C=O) groups is 1. The van der Waals surface area contributed by atoms with Crippen LogP contribution in [0.15, 0.2) is 53.4 Å². The minimum atomic E-state index is -0.0934. The first kappa shape index (κ1) is 19.3. The summed E-state index contributed by atoms with van der Waals surface area (Å²) in [5.41, 5.74) is 2.90. The molecule has 0 aromatic heterocycles. The van der Waals surface area contributed by atoms with Crippen molar-refractivity contribution < 1.29 is 9.53 Å². The SMILES string of the molecule is COc1ccccc1NCN1C(=O)/C(=C/c2ccc(N(C)C)cc2)SC1=S. The van der Waals surface area contributed by atoms with Gasteiger partial charge in [-0.2, -0.15) is 0 Å². The Morgan fingerprint density at radius 2 is 1.89 bits per heavy atom. The number of hydrogen-bond donors (Lipinski definition) is 1. The van der Waals surface area contributed by atoms with Gasteiger partial charge in [-0.15, -0.1) is 0 Å². The zero-order chi connectivity index (χ0) is 19.4. The predicted molar refractivity (Wildman–Crippen MR) is 117 cm³/mol. The summed E-state index contributed by atoms with van der Waals surface area (Å²) in [6.45, 7) is 0.294. The van der Waals surface area contributed by atoms with Crippen molar-refractivity contribution in [2.45, 2.75) is 0 Å². The van der Waals surface area contributed by atoms with E-state index in [1.807, 2.05) is 73.6 Å². The lowest BCUT2D eigenvalue weighted by Crippen LogP contribution is -2.33. The third-order valence-corrected chi connectivity index (χ3v) is 5.49. The van der Waals surface area contributed by atoms with Gasteiger partial charge in [0.25, 0.3) is 5.91 Å². The largest absolute Gasteiger partial charge is 0.495 e. The lowest BCUT2D eigenvalue weighted by atomic mass is 10.2. The maximum Gasteiger partial charge on any atom is 0.267 e. The van der Waals surface area contributed by atoms with Crippen molar-refractivity contribution in [3.8, 4) is 5.75 Å². The topological polar surface area (TPSA) is 44.8 Å². The van der Waals surface area contributed by atoms with Crippen LogP contribution in [-0.2, 0) is 4.79 Å². The summed E-state index contributed by atoms with van der Waals surface area (Å²) >= 11 is 6.71. The molecule has 1 amide bonds. The predicted octanol–water partition coefficient (Wildman–Crippen LogP) is 4.03. The number of nitrogens with one attached hydrogen (secondary N) is 1. The van der Waals surface area contributed by atoms with Crippen LogP contribution in [0.5, 0.6) is 5.75 Å². The molecular weight excluding hydrogens is 378 g/mol. The molecule has 0 radical (unpaired) electrons. The van der Waals surface area contributed by atoms with Crippen LogP contribution < -0.4 is 15.0 Å². The van der Waals surface area contributed by atoms with Gasteiger partial charge in [-0.3, -0.25) is 9.69 Å². The van der Waals surface area contributed by atoms with Gasteiger partial charge >= 0.3 is 0 Å². The van der Waals surface area contributed by atoms with E-state index >= 15 is 0 Å². The maximum absolute atomic E-state index is 12.7. The molecule has 0 bridgehead atoms. The van der Waals surface area contributed by atoms with E-state index in [0.717, 1.165) is 22.7 Å². The zero-order valence-corrected chi connectivity index (χ0v) is 17.1. The Morgan fingerprint density at radius 1 is 1.19 bits per heavy atom. The Labute approximate surface area is 169 Å². The lowest BCUT2D eigenvalue weighted by Gasteiger charge is -2.17. The van der Waals surface area contributed by atoms with Crippen LogP contribution in [0.4, 0.5) is 11.4 Å². The molecule has 1 aliphatic rings. The summed E-state index contributed by atoms with van der Waals surface area (Å²) in [5, 5.41) is 3.22. The Balaban J connectivity index is 1.71. The molecule has 0 unspecified atom stereocenters. The number of carbonyl (C=O) groups excluding carboxylic acids is 1. The molecule has 1 fully saturated rings. The monoisotopic (exact) mass is 399 g/mol. The fraction of sp³-hybridized carbons (Fsp3) is 0.200. The minimum Gasteiger partial charge on any atom is -0.495 e. The summed E-state index contributed by atoms with van der Waals surface area (Å²) < 4.78 is 5.86. The Morgan fingerprint density at radius 3 is 2.56 bits per heavy atom. The van der Waals surface area contributed by atoms with Crippen molar-refractivity contribution in [2.75, 3.05) is 38.1 Å². The highest BCUT2D eigenvalue weighted by Gasteiger charge is 2.31. The molecule has 0 saturated carbocycles. The third kappa shape index (κ3) is 4.43. The highest BCUT2D eigenvalue weighted by molar-refractivity contribution is 8.26. The highest BCUT2D eigenvalue weighted by Crippen LogP contribution is 2.33. The van der Waals surface area contributed by atoms with Gasteiger partial charge in [0, 0.05) is 19.8 Å². The number of thiocarbonyl (C=S) groups is 1. The van der Waals surface area contributed by atoms with Crippen LogP contribution in [0.3, 0.4) is 0 Å². The summed E-state index contributed by atoms with van der Waals surface area (Å²) in [4.78, 5) is 17.0. The van der Waals surface area contributed by atoms with Crippen LogP contribution in [0.1, 0.15) is 5.56 Å². The summed E-state index contributed by atoms with van der Waals surface area (Å²) in [7, 11) is 5.61. The zero-order valence-electron chi connectivity index (χ0n) is 15.4. The number of thioether (sulfide) groups is 1. The number of methoxy groups -OCH3 is 1. The van der Waals surface area contributed by atoms with E-state index in [9.17, 15) is 4.79 Å². The van der Waals surface area contributed by atoms with E-state index in [1.165, 1.54) is 11.8 Å². The Hall–Kier alpha value is -2.51. The number of hydrogen-bond acceptors (Lipinski definition) is 6. The standard InChI is InChI=1S/C20H21N3O2S2/c1-22(2)15-10-8-14(9-11-15)12-18-19(24)23(20(26)27-18)13-21-16-6-4-5-7-17(16)25-3/h4-12,21H,13H2,1-3H3/b18-12-. The first-order valence-corrected chi connectivity index (χ1v) is 9.61. The summed E-state index contributed by atoms with van der Waals surface area (Å²) in [6, 6.07) is 15.6. The van der Waals surface area contributed by atoms with Gasteiger partial charge in [-0.25, -0.2) is 0 Å². The quantitative estimate of drug-likeness (QED) is 0.584. The average molecular weight is 400 g/mol. The molecule has 27 heavy (non-hydrogen) atoms. The van der Waals surface area contributed by atoms with E-state index in [-0.39, 0.29) is 5.91 Å². The number of nitrogens with zero attached hydrogens (tertiary/aromatic N) is 2. The van der Waals surface area contributed by atoms with Gasteiger partial charge < -0.3 is 15.0 Å². The number of rotatable bonds is 6. The van der Waals surface area contributed by atoms with Crippen LogP contribution in [0.25, 0.3) is 6.08 Å². The van der Waals surface area contributed by atoms with Crippen LogP contribution in [0, 0.1) is 0 Å². The van der Waals surface area contributed by atoms with Gasteiger partial charge in [0.2, 0.25) is 0 Å². The molecule has 2 aromatic rings. The van der Waals surface area contributed by atoms with Crippen molar-refractivity contribution in [1.29, 1.82) is 0 Å². The van der Waals surface area contributed by atoms with Crippen molar-refractivity contribution in [3.05, 3.63) is 59.0 Å². The smallest absolute Gasteiger partial charge is 0.267 e. The second kappa shape index (κ2) is 8.45. The minimum absolute atomic E-state index is 0.0934. The van der Waals surface area contributed by atoms with Crippen LogP contribution >= 0.6 is 24.0 Å². The van der Waals surface area contributed by atoms with E-state index < -0.39 is 0 Å². The molecule has 3 rings (SSSR count). The Bertz CT molecular complexity index is 879. The van der Waals surface area contributed by atoms with Gasteiger partial charge in [-0.05, 0) is 35.9 Å². The average Bonchev–Trinajstić information content (AvgIpc) is 2.93. The number of ether oxygens (including phenoxy) is 1. The fourth-order valence-electron chi connectivity index (χ4n) is 2.61. The first-order valence-electron chi connectivity index (χ1n) is 8.39. The number of benzene rings is 2.